The standard InChI is InChI=1S/C17H28N2O2/c1-16(2)9-13(10-17(3,4)19-16)18-11-12-6-7-15(21-5)14(20)8-12/h6-8,13,18-20H,9-11H2,1-5H3. The highest BCUT2D eigenvalue weighted by molar-refractivity contribution is 5.41. The Bertz CT molecular complexity index is 482. The van der Waals surface area contributed by atoms with E-state index < -0.39 is 0 Å². The Labute approximate surface area is 127 Å². The van der Waals surface area contributed by atoms with Gasteiger partial charge in [0.05, 0.1) is 7.11 Å². The van der Waals surface area contributed by atoms with Crippen molar-refractivity contribution in [2.75, 3.05) is 7.11 Å². The number of hydrogen-bond donors (Lipinski definition) is 3. The van der Waals surface area contributed by atoms with Crippen LogP contribution in [0.3, 0.4) is 0 Å². The first-order chi connectivity index (χ1) is 9.71. The van der Waals surface area contributed by atoms with Crippen molar-refractivity contribution in [3.8, 4) is 11.5 Å². The number of phenols is 1. The van der Waals surface area contributed by atoms with E-state index in [-0.39, 0.29) is 16.8 Å². The van der Waals surface area contributed by atoms with Gasteiger partial charge in [0.2, 0.25) is 0 Å². The minimum absolute atomic E-state index is 0.140. The Morgan fingerprint density at radius 3 is 2.38 bits per heavy atom. The molecule has 0 bridgehead atoms. The van der Waals surface area contributed by atoms with Gasteiger partial charge in [-0.2, -0.15) is 0 Å². The van der Waals surface area contributed by atoms with Gasteiger partial charge in [0.25, 0.3) is 0 Å². The molecule has 1 aromatic rings. The first-order valence-electron chi connectivity index (χ1n) is 7.59. The molecule has 21 heavy (non-hydrogen) atoms. The zero-order valence-electron chi connectivity index (χ0n) is 13.8. The van der Waals surface area contributed by atoms with Gasteiger partial charge in [0, 0.05) is 23.7 Å². The molecular weight excluding hydrogens is 264 g/mol. The lowest BCUT2D eigenvalue weighted by molar-refractivity contribution is 0.145. The van der Waals surface area contributed by atoms with E-state index in [4.69, 9.17) is 4.74 Å². The zero-order chi connectivity index (χ0) is 15.7. The van der Waals surface area contributed by atoms with E-state index in [9.17, 15) is 5.11 Å². The molecule has 0 aromatic heterocycles. The van der Waals surface area contributed by atoms with Crippen molar-refractivity contribution >= 4 is 0 Å². The predicted molar refractivity (Wildman–Crippen MR) is 85.8 cm³/mol. The average Bonchev–Trinajstić information content (AvgIpc) is 2.33. The van der Waals surface area contributed by atoms with Gasteiger partial charge in [-0.1, -0.05) is 6.07 Å². The molecular formula is C17H28N2O2. The molecule has 0 unspecified atom stereocenters. The van der Waals surface area contributed by atoms with E-state index in [1.54, 1.807) is 13.2 Å². The first kappa shape index (κ1) is 16.1. The lowest BCUT2D eigenvalue weighted by atomic mass is 9.79. The van der Waals surface area contributed by atoms with Crippen molar-refractivity contribution in [3.63, 3.8) is 0 Å². The Balaban J connectivity index is 1.98. The van der Waals surface area contributed by atoms with Crippen LogP contribution < -0.4 is 15.4 Å². The van der Waals surface area contributed by atoms with Crippen molar-refractivity contribution in [2.24, 2.45) is 0 Å². The van der Waals surface area contributed by atoms with Gasteiger partial charge < -0.3 is 20.5 Å². The molecule has 0 aliphatic carbocycles. The highest BCUT2D eigenvalue weighted by atomic mass is 16.5. The van der Waals surface area contributed by atoms with Crippen molar-refractivity contribution in [3.05, 3.63) is 23.8 Å². The number of rotatable bonds is 4. The number of hydrogen-bond acceptors (Lipinski definition) is 4. The van der Waals surface area contributed by atoms with Crippen LogP contribution in [0.15, 0.2) is 18.2 Å². The fraction of sp³-hybridized carbons (Fsp3) is 0.647. The van der Waals surface area contributed by atoms with Crippen LogP contribution in [-0.4, -0.2) is 29.3 Å². The van der Waals surface area contributed by atoms with Crippen LogP contribution in [0.4, 0.5) is 0 Å². The minimum Gasteiger partial charge on any atom is -0.504 e. The molecule has 0 amide bonds. The molecule has 0 radical (unpaired) electrons. The number of methoxy groups -OCH3 is 1. The van der Waals surface area contributed by atoms with Gasteiger partial charge >= 0.3 is 0 Å². The third kappa shape index (κ3) is 4.35. The van der Waals surface area contributed by atoms with E-state index >= 15 is 0 Å². The quantitative estimate of drug-likeness (QED) is 0.799. The molecule has 1 saturated heterocycles. The molecule has 118 valence electrons. The summed E-state index contributed by atoms with van der Waals surface area (Å²) >= 11 is 0. The van der Waals surface area contributed by atoms with Crippen LogP contribution >= 0.6 is 0 Å². The maximum atomic E-state index is 9.83. The fourth-order valence-electron chi connectivity index (χ4n) is 3.57. The number of piperidine rings is 1. The van der Waals surface area contributed by atoms with Crippen molar-refractivity contribution in [1.82, 2.24) is 10.6 Å². The summed E-state index contributed by atoms with van der Waals surface area (Å²) < 4.78 is 5.07. The van der Waals surface area contributed by atoms with E-state index in [1.807, 2.05) is 12.1 Å². The lowest BCUT2D eigenvalue weighted by Crippen LogP contribution is -2.61. The molecule has 1 aliphatic rings. The molecule has 3 N–H and O–H groups in total. The molecule has 0 spiro atoms. The van der Waals surface area contributed by atoms with Crippen molar-refractivity contribution in [2.45, 2.75) is 64.2 Å². The van der Waals surface area contributed by atoms with Crippen LogP contribution in [0.1, 0.15) is 46.1 Å². The molecule has 1 aliphatic heterocycles. The smallest absolute Gasteiger partial charge is 0.160 e. The van der Waals surface area contributed by atoms with Gasteiger partial charge in [-0.25, -0.2) is 0 Å². The normalized spacial score (nSPS) is 21.2. The molecule has 4 nitrogen and oxygen atoms in total. The maximum Gasteiger partial charge on any atom is 0.160 e. The van der Waals surface area contributed by atoms with Crippen LogP contribution in [0, 0.1) is 0 Å². The summed E-state index contributed by atoms with van der Waals surface area (Å²) in [6.45, 7) is 9.77. The Kier molecular flexibility index (Phi) is 4.49. The van der Waals surface area contributed by atoms with Gasteiger partial charge in [-0.05, 0) is 58.2 Å². The van der Waals surface area contributed by atoms with Crippen LogP contribution in [0.2, 0.25) is 0 Å². The molecule has 2 rings (SSSR count). The van der Waals surface area contributed by atoms with E-state index in [0.717, 1.165) is 24.9 Å². The lowest BCUT2D eigenvalue weighted by Gasteiger charge is -2.46. The topological polar surface area (TPSA) is 53.5 Å². The molecule has 0 atom stereocenters. The molecule has 1 aromatic carbocycles. The number of ether oxygens (including phenoxy) is 1. The third-order valence-corrected chi connectivity index (χ3v) is 4.03. The molecule has 1 heterocycles. The SMILES string of the molecule is COc1ccc(CNC2CC(C)(C)NC(C)(C)C2)cc1O. The summed E-state index contributed by atoms with van der Waals surface area (Å²) in [7, 11) is 1.56. The van der Waals surface area contributed by atoms with Gasteiger partial charge in [-0.15, -0.1) is 0 Å². The van der Waals surface area contributed by atoms with Crippen LogP contribution in [-0.2, 0) is 6.54 Å². The van der Waals surface area contributed by atoms with Gasteiger partial charge in [0.1, 0.15) is 0 Å². The Morgan fingerprint density at radius 2 is 1.86 bits per heavy atom. The minimum atomic E-state index is 0.140. The Hall–Kier alpha value is -1.26. The number of benzene rings is 1. The van der Waals surface area contributed by atoms with E-state index in [1.165, 1.54) is 0 Å². The first-order valence-corrected chi connectivity index (χ1v) is 7.59. The molecule has 0 saturated carbocycles. The number of phenolic OH excluding ortho intramolecular Hbond substituents is 1. The third-order valence-electron chi connectivity index (χ3n) is 4.03. The highest BCUT2D eigenvalue weighted by Gasteiger charge is 2.37. The fourth-order valence-corrected chi connectivity index (χ4v) is 3.57. The zero-order valence-corrected chi connectivity index (χ0v) is 13.8. The van der Waals surface area contributed by atoms with Crippen LogP contribution in [0.5, 0.6) is 11.5 Å². The van der Waals surface area contributed by atoms with Gasteiger partial charge in [-0.3, -0.25) is 0 Å². The second-order valence-corrected chi connectivity index (χ2v) is 7.39. The maximum absolute atomic E-state index is 9.83. The number of aromatic hydroxyl groups is 1. The van der Waals surface area contributed by atoms with Crippen molar-refractivity contribution < 1.29 is 9.84 Å². The highest BCUT2D eigenvalue weighted by Crippen LogP contribution is 2.29. The van der Waals surface area contributed by atoms with Gasteiger partial charge in [0.15, 0.2) is 11.5 Å². The van der Waals surface area contributed by atoms with Crippen molar-refractivity contribution in [1.29, 1.82) is 0 Å². The Morgan fingerprint density at radius 1 is 1.24 bits per heavy atom. The largest absolute Gasteiger partial charge is 0.504 e. The second-order valence-electron chi connectivity index (χ2n) is 7.39. The summed E-state index contributed by atoms with van der Waals surface area (Å²) in [5, 5.41) is 17.1. The monoisotopic (exact) mass is 292 g/mol. The summed E-state index contributed by atoms with van der Waals surface area (Å²) in [4.78, 5) is 0. The summed E-state index contributed by atoms with van der Waals surface area (Å²) in [5.41, 5.74) is 1.35. The summed E-state index contributed by atoms with van der Waals surface area (Å²) in [5.74, 6) is 0.714. The summed E-state index contributed by atoms with van der Waals surface area (Å²) in [6.07, 6.45) is 2.19. The van der Waals surface area contributed by atoms with Crippen LogP contribution in [0.25, 0.3) is 0 Å². The second kappa shape index (κ2) is 5.85. The molecule has 1 fully saturated rings. The number of nitrogens with one attached hydrogen (secondary N) is 2. The van der Waals surface area contributed by atoms with E-state index in [0.29, 0.717) is 11.8 Å². The van der Waals surface area contributed by atoms with E-state index in [2.05, 4.69) is 38.3 Å². The predicted octanol–water partition coefficient (Wildman–Crippen LogP) is 2.80. The summed E-state index contributed by atoms with van der Waals surface area (Å²) in [6, 6.07) is 6.04. The average molecular weight is 292 g/mol. The molecule has 4 heteroatoms.